The average Bonchev–Trinajstić information content (AvgIpc) is 3.35. The van der Waals surface area contributed by atoms with Gasteiger partial charge in [0.15, 0.2) is 0 Å². The zero-order valence-corrected chi connectivity index (χ0v) is 17.8. The van der Waals surface area contributed by atoms with Crippen molar-refractivity contribution in [1.29, 1.82) is 0 Å². The Bertz CT molecular complexity index is 975. The van der Waals surface area contributed by atoms with Crippen molar-refractivity contribution < 1.29 is 22.7 Å². The van der Waals surface area contributed by atoms with Crippen molar-refractivity contribution in [3.63, 3.8) is 0 Å². The first-order valence-electron chi connectivity index (χ1n) is 10.3. The minimum Gasteiger partial charge on any atom is -0.495 e. The summed E-state index contributed by atoms with van der Waals surface area (Å²) in [6.45, 7) is 0.840. The van der Waals surface area contributed by atoms with Crippen LogP contribution in [-0.2, 0) is 19.6 Å². The van der Waals surface area contributed by atoms with E-state index >= 15 is 0 Å². The van der Waals surface area contributed by atoms with Gasteiger partial charge in [-0.1, -0.05) is 12.2 Å². The van der Waals surface area contributed by atoms with Gasteiger partial charge in [0.05, 0.1) is 18.6 Å². The van der Waals surface area contributed by atoms with E-state index in [2.05, 4.69) is 22.8 Å². The highest BCUT2D eigenvalue weighted by Crippen LogP contribution is 2.43. The first kappa shape index (κ1) is 20.7. The molecule has 0 radical (unpaired) electrons. The maximum absolute atomic E-state index is 12.5. The standard InChI is InChI=1S/C21H27N3O5S/c1-29-19-7-6-17(12-18(19)24-8-2-3-9-30(24,27)28)23-21(26)20(25)22-13-16-11-14-4-5-15(16)10-14/h4-7,12,14-16H,2-3,8-11,13H2,1H3,(H,22,25)(H,23,26)/t14-,15-,16+/m0/s1. The molecule has 0 aromatic heterocycles. The number of benzene rings is 1. The van der Waals surface area contributed by atoms with Gasteiger partial charge in [0.1, 0.15) is 5.75 Å². The fourth-order valence-electron chi connectivity index (χ4n) is 4.64. The summed E-state index contributed by atoms with van der Waals surface area (Å²) in [6.07, 6.45) is 8.00. The van der Waals surface area contributed by atoms with E-state index in [4.69, 9.17) is 4.74 Å². The molecule has 4 rings (SSSR count). The van der Waals surface area contributed by atoms with Crippen LogP contribution in [0.5, 0.6) is 5.75 Å². The molecule has 2 bridgehead atoms. The van der Waals surface area contributed by atoms with E-state index < -0.39 is 21.8 Å². The number of amides is 2. The molecule has 0 spiro atoms. The molecule has 1 saturated heterocycles. The van der Waals surface area contributed by atoms with Gasteiger partial charge in [-0.2, -0.15) is 0 Å². The third-order valence-corrected chi connectivity index (χ3v) is 8.06. The molecule has 8 nitrogen and oxygen atoms in total. The maximum Gasteiger partial charge on any atom is 0.313 e. The van der Waals surface area contributed by atoms with Crippen LogP contribution >= 0.6 is 0 Å². The number of nitrogens with zero attached hydrogens (tertiary/aromatic N) is 1. The van der Waals surface area contributed by atoms with Crippen molar-refractivity contribution in [3.8, 4) is 5.75 Å². The molecule has 3 atom stereocenters. The Morgan fingerprint density at radius 3 is 2.67 bits per heavy atom. The van der Waals surface area contributed by atoms with Gasteiger partial charge in [0.2, 0.25) is 10.0 Å². The van der Waals surface area contributed by atoms with E-state index in [1.807, 2.05) is 0 Å². The Morgan fingerprint density at radius 2 is 2.00 bits per heavy atom. The lowest BCUT2D eigenvalue weighted by atomic mass is 9.94. The molecule has 9 heteroatoms. The summed E-state index contributed by atoms with van der Waals surface area (Å²) in [5, 5.41) is 5.29. The van der Waals surface area contributed by atoms with Crippen LogP contribution < -0.4 is 19.7 Å². The molecule has 0 unspecified atom stereocenters. The van der Waals surface area contributed by atoms with E-state index in [9.17, 15) is 18.0 Å². The summed E-state index contributed by atoms with van der Waals surface area (Å²) >= 11 is 0. The van der Waals surface area contributed by atoms with Gasteiger partial charge < -0.3 is 15.4 Å². The number of anilines is 2. The molecular formula is C21H27N3O5S. The van der Waals surface area contributed by atoms with Crippen LogP contribution in [0.15, 0.2) is 30.4 Å². The lowest BCUT2D eigenvalue weighted by Crippen LogP contribution is -2.39. The Kier molecular flexibility index (Phi) is 5.73. The zero-order chi connectivity index (χ0) is 21.3. The minimum atomic E-state index is -3.44. The molecule has 30 heavy (non-hydrogen) atoms. The summed E-state index contributed by atoms with van der Waals surface area (Å²) in [6, 6.07) is 4.72. The molecule has 1 aromatic rings. The maximum atomic E-state index is 12.5. The van der Waals surface area contributed by atoms with Crippen molar-refractivity contribution in [2.75, 3.05) is 35.6 Å². The number of sulfonamides is 1. The van der Waals surface area contributed by atoms with Crippen molar-refractivity contribution in [1.82, 2.24) is 5.32 Å². The van der Waals surface area contributed by atoms with Crippen molar-refractivity contribution in [3.05, 3.63) is 30.4 Å². The fourth-order valence-corrected chi connectivity index (χ4v) is 6.28. The number of fused-ring (bicyclic) bond motifs is 2. The second-order valence-electron chi connectivity index (χ2n) is 8.19. The first-order valence-corrected chi connectivity index (χ1v) is 11.9. The van der Waals surface area contributed by atoms with Crippen LogP contribution in [-0.4, -0.2) is 46.2 Å². The summed E-state index contributed by atoms with van der Waals surface area (Å²) in [5.41, 5.74) is 0.707. The van der Waals surface area contributed by atoms with Gasteiger partial charge in [-0.05, 0) is 61.6 Å². The molecule has 2 aliphatic carbocycles. The molecular weight excluding hydrogens is 406 g/mol. The molecule has 2 fully saturated rings. The van der Waals surface area contributed by atoms with Crippen LogP contribution in [0.2, 0.25) is 0 Å². The molecule has 1 aromatic carbocycles. The number of carbonyl (C=O) groups excluding carboxylic acids is 2. The number of hydrogen-bond donors (Lipinski definition) is 2. The highest BCUT2D eigenvalue weighted by molar-refractivity contribution is 7.92. The zero-order valence-electron chi connectivity index (χ0n) is 17.0. The molecule has 1 saturated carbocycles. The van der Waals surface area contributed by atoms with Gasteiger partial charge in [-0.15, -0.1) is 0 Å². The van der Waals surface area contributed by atoms with E-state index in [0.29, 0.717) is 54.4 Å². The second-order valence-corrected chi connectivity index (χ2v) is 10.2. The van der Waals surface area contributed by atoms with Crippen molar-refractivity contribution >= 4 is 33.2 Å². The summed E-state index contributed by atoms with van der Waals surface area (Å²) < 4.78 is 31.6. The lowest BCUT2D eigenvalue weighted by Gasteiger charge is -2.29. The summed E-state index contributed by atoms with van der Waals surface area (Å²) in [7, 11) is -1.97. The van der Waals surface area contributed by atoms with E-state index in [0.717, 1.165) is 19.3 Å². The number of nitrogens with one attached hydrogen (secondary N) is 2. The van der Waals surface area contributed by atoms with E-state index in [1.165, 1.54) is 17.5 Å². The monoisotopic (exact) mass is 433 g/mol. The summed E-state index contributed by atoms with van der Waals surface area (Å²) in [4.78, 5) is 24.6. The molecule has 2 amide bonds. The van der Waals surface area contributed by atoms with Crippen LogP contribution in [0, 0.1) is 17.8 Å². The van der Waals surface area contributed by atoms with E-state index in [-0.39, 0.29) is 5.75 Å². The highest BCUT2D eigenvalue weighted by atomic mass is 32.2. The van der Waals surface area contributed by atoms with E-state index in [1.54, 1.807) is 12.1 Å². The van der Waals surface area contributed by atoms with Crippen LogP contribution in [0.3, 0.4) is 0 Å². The topological polar surface area (TPSA) is 105 Å². The quantitative estimate of drug-likeness (QED) is 0.545. The lowest BCUT2D eigenvalue weighted by molar-refractivity contribution is -0.136. The Hall–Kier alpha value is -2.55. The predicted molar refractivity (Wildman–Crippen MR) is 114 cm³/mol. The number of hydrogen-bond acceptors (Lipinski definition) is 5. The third-order valence-electron chi connectivity index (χ3n) is 6.20. The van der Waals surface area contributed by atoms with Crippen LogP contribution in [0.4, 0.5) is 11.4 Å². The largest absolute Gasteiger partial charge is 0.495 e. The van der Waals surface area contributed by atoms with Gasteiger partial charge in [-0.3, -0.25) is 13.9 Å². The molecule has 3 aliphatic rings. The Balaban J connectivity index is 1.41. The second kappa shape index (κ2) is 8.29. The summed E-state index contributed by atoms with van der Waals surface area (Å²) in [5.74, 6) is 0.494. The molecule has 162 valence electrons. The fraction of sp³-hybridized carbons (Fsp3) is 0.524. The number of allylic oxidation sites excluding steroid dienone is 2. The third kappa shape index (κ3) is 4.16. The molecule has 1 heterocycles. The minimum absolute atomic E-state index is 0.0767. The van der Waals surface area contributed by atoms with Gasteiger partial charge in [0.25, 0.3) is 0 Å². The smallest absolute Gasteiger partial charge is 0.313 e. The number of carbonyl (C=O) groups is 2. The number of methoxy groups -OCH3 is 1. The number of rotatable bonds is 5. The van der Waals surface area contributed by atoms with Gasteiger partial charge >= 0.3 is 11.8 Å². The first-order chi connectivity index (χ1) is 14.4. The number of ether oxygens (including phenoxy) is 1. The van der Waals surface area contributed by atoms with Gasteiger partial charge in [0, 0.05) is 18.8 Å². The van der Waals surface area contributed by atoms with Crippen molar-refractivity contribution in [2.45, 2.75) is 25.7 Å². The average molecular weight is 434 g/mol. The van der Waals surface area contributed by atoms with Gasteiger partial charge in [-0.25, -0.2) is 8.42 Å². The Labute approximate surface area is 176 Å². The van der Waals surface area contributed by atoms with Crippen LogP contribution in [0.25, 0.3) is 0 Å². The van der Waals surface area contributed by atoms with Crippen LogP contribution in [0.1, 0.15) is 25.7 Å². The predicted octanol–water partition coefficient (Wildman–Crippen LogP) is 1.89. The Morgan fingerprint density at radius 1 is 1.17 bits per heavy atom. The molecule has 2 N–H and O–H groups in total. The van der Waals surface area contributed by atoms with Crippen molar-refractivity contribution in [2.24, 2.45) is 17.8 Å². The molecule has 1 aliphatic heterocycles. The highest BCUT2D eigenvalue weighted by Gasteiger charge is 2.35. The SMILES string of the molecule is COc1ccc(NC(=O)C(=O)NC[C@H]2C[C@H]3C=C[C@H]2C3)cc1N1CCCCS1(=O)=O. The normalized spacial score (nSPS) is 26.4.